The predicted molar refractivity (Wildman–Crippen MR) is 90.1 cm³/mol. The lowest BCUT2D eigenvalue weighted by molar-refractivity contribution is 0.112. The van der Waals surface area contributed by atoms with Crippen LogP contribution in [0.5, 0.6) is 17.2 Å². The van der Waals surface area contributed by atoms with E-state index in [4.69, 9.17) is 25.8 Å². The van der Waals surface area contributed by atoms with Crippen LogP contribution in [0.25, 0.3) is 0 Å². The Balaban J connectivity index is 1.69. The normalized spacial score (nSPS) is 10.2. The molecule has 0 saturated heterocycles. The largest absolute Gasteiger partial charge is 0.494 e. The molecule has 23 heavy (non-hydrogen) atoms. The van der Waals surface area contributed by atoms with E-state index in [-0.39, 0.29) is 0 Å². The van der Waals surface area contributed by atoms with Crippen LogP contribution in [-0.4, -0.2) is 26.6 Å². The average molecular weight is 335 g/mol. The summed E-state index contributed by atoms with van der Waals surface area (Å²) in [7, 11) is 1.55. The van der Waals surface area contributed by atoms with Crippen LogP contribution < -0.4 is 14.2 Å². The zero-order valence-corrected chi connectivity index (χ0v) is 13.7. The van der Waals surface area contributed by atoms with Crippen LogP contribution >= 0.6 is 11.6 Å². The summed E-state index contributed by atoms with van der Waals surface area (Å²) >= 11 is 5.81. The molecule has 122 valence electrons. The number of carbonyl (C=O) groups is 1. The van der Waals surface area contributed by atoms with Crippen molar-refractivity contribution < 1.29 is 19.0 Å². The second-order valence-electron chi connectivity index (χ2n) is 4.89. The Kier molecular flexibility index (Phi) is 6.76. The van der Waals surface area contributed by atoms with Crippen LogP contribution in [0.2, 0.25) is 5.02 Å². The molecule has 0 heterocycles. The van der Waals surface area contributed by atoms with Crippen molar-refractivity contribution in [2.75, 3.05) is 20.3 Å². The highest BCUT2D eigenvalue weighted by Gasteiger charge is 2.05. The van der Waals surface area contributed by atoms with Gasteiger partial charge in [-0.3, -0.25) is 4.79 Å². The van der Waals surface area contributed by atoms with Gasteiger partial charge in [-0.15, -0.1) is 0 Å². The minimum Gasteiger partial charge on any atom is -0.494 e. The Labute approximate surface area is 140 Å². The van der Waals surface area contributed by atoms with Crippen molar-refractivity contribution in [3.8, 4) is 17.2 Å². The molecule has 0 aliphatic rings. The van der Waals surface area contributed by atoms with Crippen molar-refractivity contribution in [2.45, 2.75) is 12.8 Å². The quantitative estimate of drug-likeness (QED) is 0.503. The molecule has 0 amide bonds. The molecular formula is C18H19ClO4. The standard InChI is InChI=1S/C18H19ClO4/c1-21-18-12-14(13-20)4-9-17(18)23-11-3-2-10-22-16-7-5-15(19)6-8-16/h4-9,12-13H,2-3,10-11H2,1H3. The van der Waals surface area contributed by atoms with Crippen molar-refractivity contribution in [3.05, 3.63) is 53.1 Å². The molecule has 0 radical (unpaired) electrons. The fraction of sp³-hybridized carbons (Fsp3) is 0.278. The summed E-state index contributed by atoms with van der Waals surface area (Å²) in [6, 6.07) is 12.4. The Morgan fingerprint density at radius 2 is 1.65 bits per heavy atom. The van der Waals surface area contributed by atoms with E-state index in [9.17, 15) is 4.79 Å². The highest BCUT2D eigenvalue weighted by atomic mass is 35.5. The van der Waals surface area contributed by atoms with Gasteiger partial charge in [0.2, 0.25) is 0 Å². The molecule has 2 aromatic carbocycles. The lowest BCUT2D eigenvalue weighted by atomic mass is 10.2. The zero-order valence-electron chi connectivity index (χ0n) is 13.0. The maximum Gasteiger partial charge on any atom is 0.161 e. The molecule has 0 unspecified atom stereocenters. The Morgan fingerprint density at radius 1 is 0.957 bits per heavy atom. The molecule has 0 spiro atoms. The van der Waals surface area contributed by atoms with Gasteiger partial charge in [0.15, 0.2) is 11.5 Å². The third-order valence-electron chi connectivity index (χ3n) is 3.20. The van der Waals surface area contributed by atoms with Gasteiger partial charge in [0, 0.05) is 10.6 Å². The lowest BCUT2D eigenvalue weighted by Gasteiger charge is -2.11. The smallest absolute Gasteiger partial charge is 0.161 e. The maximum absolute atomic E-state index is 10.7. The summed E-state index contributed by atoms with van der Waals surface area (Å²) in [6.07, 6.45) is 2.50. The summed E-state index contributed by atoms with van der Waals surface area (Å²) in [4.78, 5) is 10.7. The van der Waals surface area contributed by atoms with Crippen LogP contribution in [-0.2, 0) is 0 Å². The number of aldehydes is 1. The highest BCUT2D eigenvalue weighted by Crippen LogP contribution is 2.27. The molecule has 0 fully saturated rings. The number of rotatable bonds is 9. The number of hydrogen-bond acceptors (Lipinski definition) is 4. The molecule has 0 aliphatic heterocycles. The Hall–Kier alpha value is -2.20. The third-order valence-corrected chi connectivity index (χ3v) is 3.45. The first-order valence-electron chi connectivity index (χ1n) is 7.37. The van der Waals surface area contributed by atoms with E-state index in [1.807, 2.05) is 12.1 Å². The van der Waals surface area contributed by atoms with Gasteiger partial charge in [0.1, 0.15) is 12.0 Å². The number of carbonyl (C=O) groups excluding carboxylic acids is 1. The van der Waals surface area contributed by atoms with Gasteiger partial charge in [0.25, 0.3) is 0 Å². The molecule has 4 nitrogen and oxygen atoms in total. The maximum atomic E-state index is 10.7. The highest BCUT2D eigenvalue weighted by molar-refractivity contribution is 6.30. The van der Waals surface area contributed by atoms with Crippen LogP contribution in [0.4, 0.5) is 0 Å². The van der Waals surface area contributed by atoms with E-state index in [2.05, 4.69) is 0 Å². The lowest BCUT2D eigenvalue weighted by Crippen LogP contribution is -2.03. The minimum atomic E-state index is 0.556. The van der Waals surface area contributed by atoms with Gasteiger partial charge in [-0.05, 0) is 55.3 Å². The molecule has 0 saturated carbocycles. The van der Waals surface area contributed by atoms with E-state index in [1.54, 1.807) is 37.4 Å². The van der Waals surface area contributed by atoms with Crippen molar-refractivity contribution >= 4 is 17.9 Å². The molecule has 0 aliphatic carbocycles. The van der Waals surface area contributed by atoms with Crippen molar-refractivity contribution in [3.63, 3.8) is 0 Å². The number of halogens is 1. The molecular weight excluding hydrogens is 316 g/mol. The summed E-state index contributed by atoms with van der Waals surface area (Å²) in [6.45, 7) is 1.17. The summed E-state index contributed by atoms with van der Waals surface area (Å²) in [5.74, 6) is 2.00. The van der Waals surface area contributed by atoms with Gasteiger partial charge in [-0.25, -0.2) is 0 Å². The van der Waals surface area contributed by atoms with Crippen molar-refractivity contribution in [2.24, 2.45) is 0 Å². The molecule has 0 atom stereocenters. The molecule has 0 bridgehead atoms. The number of methoxy groups -OCH3 is 1. The first kappa shape index (κ1) is 17.2. The fourth-order valence-corrected chi connectivity index (χ4v) is 2.11. The van der Waals surface area contributed by atoms with E-state index in [0.29, 0.717) is 35.3 Å². The minimum absolute atomic E-state index is 0.556. The first-order valence-corrected chi connectivity index (χ1v) is 7.75. The number of benzene rings is 2. The zero-order chi connectivity index (χ0) is 16.5. The number of ether oxygens (including phenoxy) is 3. The molecule has 2 aromatic rings. The topological polar surface area (TPSA) is 44.8 Å². The second-order valence-corrected chi connectivity index (χ2v) is 5.32. The van der Waals surface area contributed by atoms with E-state index in [0.717, 1.165) is 24.9 Å². The molecule has 2 rings (SSSR count). The van der Waals surface area contributed by atoms with Gasteiger partial charge < -0.3 is 14.2 Å². The van der Waals surface area contributed by atoms with Gasteiger partial charge in [0.05, 0.1) is 20.3 Å². The monoisotopic (exact) mass is 334 g/mol. The van der Waals surface area contributed by atoms with E-state index in [1.165, 1.54) is 0 Å². The van der Waals surface area contributed by atoms with Gasteiger partial charge in [-0.2, -0.15) is 0 Å². The summed E-state index contributed by atoms with van der Waals surface area (Å²) < 4.78 is 16.5. The number of hydrogen-bond donors (Lipinski definition) is 0. The Morgan fingerprint density at radius 3 is 2.30 bits per heavy atom. The molecule has 5 heteroatoms. The summed E-state index contributed by atoms with van der Waals surface area (Å²) in [5.41, 5.74) is 0.561. The predicted octanol–water partition coefficient (Wildman–Crippen LogP) is 4.40. The third kappa shape index (κ3) is 5.49. The van der Waals surface area contributed by atoms with E-state index < -0.39 is 0 Å². The van der Waals surface area contributed by atoms with Gasteiger partial charge >= 0.3 is 0 Å². The average Bonchev–Trinajstić information content (AvgIpc) is 2.59. The van der Waals surface area contributed by atoms with Crippen LogP contribution in [0.1, 0.15) is 23.2 Å². The van der Waals surface area contributed by atoms with Crippen LogP contribution in [0.15, 0.2) is 42.5 Å². The SMILES string of the molecule is COc1cc(C=O)ccc1OCCCCOc1ccc(Cl)cc1. The van der Waals surface area contributed by atoms with Crippen molar-refractivity contribution in [1.29, 1.82) is 0 Å². The second kappa shape index (κ2) is 9.06. The summed E-state index contributed by atoms with van der Waals surface area (Å²) in [5, 5.41) is 0.695. The number of unbranched alkanes of at least 4 members (excludes halogenated alkanes) is 1. The van der Waals surface area contributed by atoms with Crippen LogP contribution in [0.3, 0.4) is 0 Å². The Bertz CT molecular complexity index is 625. The fourth-order valence-electron chi connectivity index (χ4n) is 1.98. The molecule has 0 N–H and O–H groups in total. The van der Waals surface area contributed by atoms with E-state index >= 15 is 0 Å². The van der Waals surface area contributed by atoms with Crippen LogP contribution in [0, 0.1) is 0 Å². The molecule has 0 aromatic heterocycles. The van der Waals surface area contributed by atoms with Gasteiger partial charge in [-0.1, -0.05) is 11.6 Å². The first-order chi connectivity index (χ1) is 11.2. The van der Waals surface area contributed by atoms with Crippen molar-refractivity contribution in [1.82, 2.24) is 0 Å².